The van der Waals surface area contributed by atoms with Crippen LogP contribution in [0.15, 0.2) is 18.2 Å². The summed E-state index contributed by atoms with van der Waals surface area (Å²) in [5, 5.41) is 14.5. The highest BCUT2D eigenvalue weighted by atomic mass is 16.6. The fourth-order valence-electron chi connectivity index (χ4n) is 3.47. The molecule has 3 rings (SSSR count). The molecule has 0 aliphatic heterocycles. The molecule has 2 aromatic rings. The Balaban J connectivity index is 1.79. The smallest absolute Gasteiger partial charge is 0.332 e. The lowest BCUT2D eigenvalue weighted by molar-refractivity contribution is -0.385. The average molecular weight is 371 g/mol. The number of hydrogen-bond donors (Lipinski definition) is 3. The number of nitrogens with zero attached hydrogens (tertiary/aromatic N) is 4. The highest BCUT2D eigenvalue weighted by Crippen LogP contribution is 2.31. The van der Waals surface area contributed by atoms with Gasteiger partial charge in [0.2, 0.25) is 11.8 Å². The third-order valence-corrected chi connectivity index (χ3v) is 4.91. The maximum absolute atomic E-state index is 11.5. The second kappa shape index (κ2) is 8.26. The number of hydrogen-bond acceptors (Lipinski definition) is 8. The summed E-state index contributed by atoms with van der Waals surface area (Å²) in [7, 11) is 0. The number of aryl methyl sites for hydroxylation is 1. The molecule has 2 heterocycles. The monoisotopic (exact) mass is 371 g/mol. The van der Waals surface area contributed by atoms with Crippen LogP contribution < -0.4 is 16.8 Å². The predicted octanol–water partition coefficient (Wildman–Crippen LogP) is 2.34. The molecule has 1 aliphatic carbocycles. The van der Waals surface area contributed by atoms with E-state index in [4.69, 9.17) is 11.5 Å². The number of anilines is 2. The molecular formula is C18H25N7O2. The zero-order valence-electron chi connectivity index (χ0n) is 15.4. The molecule has 2 aromatic heterocycles. The Morgan fingerprint density at radius 3 is 2.63 bits per heavy atom. The molecule has 27 heavy (non-hydrogen) atoms. The fourth-order valence-corrected chi connectivity index (χ4v) is 3.47. The van der Waals surface area contributed by atoms with Crippen LogP contribution in [0.2, 0.25) is 0 Å². The lowest BCUT2D eigenvalue weighted by atomic mass is 9.83. The van der Waals surface area contributed by atoms with Gasteiger partial charge in [0.15, 0.2) is 0 Å². The first-order valence-corrected chi connectivity index (χ1v) is 9.15. The Bertz CT molecular complexity index is 819. The average Bonchev–Trinajstić information content (AvgIpc) is 2.61. The molecule has 0 unspecified atom stereocenters. The van der Waals surface area contributed by atoms with Gasteiger partial charge in [0.05, 0.1) is 17.2 Å². The maximum Gasteiger partial charge on any atom is 0.332 e. The Hall–Kier alpha value is -2.81. The number of nitrogens with two attached hydrogens (primary N) is 2. The first-order chi connectivity index (χ1) is 12.9. The standard InChI is InChI=1S/C18H25N7O2/c1-11-3-2-4-14(22-11)10-21-18-23-15(16(25(26)27)17(20)24-18)9-12-5-7-13(19)8-6-12/h2-4,12-13H,5-10,19H2,1H3,(H3,20,21,23,24)/t12-,13-. The Morgan fingerprint density at radius 2 is 1.96 bits per heavy atom. The minimum absolute atomic E-state index is 0.114. The van der Waals surface area contributed by atoms with Gasteiger partial charge in [-0.25, -0.2) is 4.98 Å². The van der Waals surface area contributed by atoms with E-state index in [-0.39, 0.29) is 23.5 Å². The Kier molecular flexibility index (Phi) is 5.80. The van der Waals surface area contributed by atoms with E-state index in [1.54, 1.807) is 0 Å². The van der Waals surface area contributed by atoms with Crippen LogP contribution >= 0.6 is 0 Å². The molecule has 9 heteroatoms. The van der Waals surface area contributed by atoms with Crippen molar-refractivity contribution in [2.24, 2.45) is 11.7 Å². The SMILES string of the molecule is Cc1cccc(CNc2nc(N)c([N+](=O)[O-])c(C[C@H]3CC[C@H](N)CC3)n2)n1. The lowest BCUT2D eigenvalue weighted by Gasteiger charge is -2.25. The van der Waals surface area contributed by atoms with Gasteiger partial charge in [0.25, 0.3) is 0 Å². The van der Waals surface area contributed by atoms with Crippen molar-refractivity contribution in [3.63, 3.8) is 0 Å². The highest BCUT2D eigenvalue weighted by molar-refractivity contribution is 5.58. The summed E-state index contributed by atoms with van der Waals surface area (Å²) in [6, 6.07) is 5.95. The van der Waals surface area contributed by atoms with Gasteiger partial charge in [0, 0.05) is 11.7 Å². The van der Waals surface area contributed by atoms with Crippen molar-refractivity contribution in [2.75, 3.05) is 11.1 Å². The van der Waals surface area contributed by atoms with Gasteiger partial charge in [-0.05, 0) is 57.1 Å². The van der Waals surface area contributed by atoms with Crippen molar-refractivity contribution in [1.29, 1.82) is 0 Å². The molecule has 1 saturated carbocycles. The van der Waals surface area contributed by atoms with E-state index in [1.165, 1.54) is 0 Å². The first kappa shape index (κ1) is 19.0. The van der Waals surface area contributed by atoms with Crippen LogP contribution in [0, 0.1) is 23.0 Å². The molecular weight excluding hydrogens is 346 g/mol. The molecule has 0 saturated heterocycles. The first-order valence-electron chi connectivity index (χ1n) is 9.15. The van der Waals surface area contributed by atoms with Crippen molar-refractivity contribution < 1.29 is 4.92 Å². The van der Waals surface area contributed by atoms with Gasteiger partial charge in [-0.1, -0.05) is 6.07 Å². The van der Waals surface area contributed by atoms with E-state index in [2.05, 4.69) is 20.3 Å². The number of nitrogens with one attached hydrogen (secondary N) is 1. The predicted molar refractivity (Wildman–Crippen MR) is 103 cm³/mol. The molecule has 0 atom stereocenters. The molecule has 0 bridgehead atoms. The number of nitrogen functional groups attached to an aromatic ring is 1. The Morgan fingerprint density at radius 1 is 1.22 bits per heavy atom. The van der Waals surface area contributed by atoms with Gasteiger partial charge in [-0.2, -0.15) is 4.98 Å². The summed E-state index contributed by atoms with van der Waals surface area (Å²) in [4.78, 5) is 23.8. The third kappa shape index (κ3) is 4.88. The normalized spacial score (nSPS) is 19.6. The Labute approximate surface area is 157 Å². The molecule has 5 N–H and O–H groups in total. The van der Waals surface area contributed by atoms with E-state index in [0.717, 1.165) is 37.1 Å². The molecule has 0 spiro atoms. The third-order valence-electron chi connectivity index (χ3n) is 4.91. The molecule has 0 amide bonds. The molecule has 144 valence electrons. The van der Waals surface area contributed by atoms with Crippen molar-refractivity contribution in [2.45, 2.75) is 51.6 Å². The number of rotatable bonds is 6. The van der Waals surface area contributed by atoms with Gasteiger partial charge < -0.3 is 16.8 Å². The lowest BCUT2D eigenvalue weighted by Crippen LogP contribution is -2.27. The van der Waals surface area contributed by atoms with Crippen LogP contribution in [0.25, 0.3) is 0 Å². The van der Waals surface area contributed by atoms with Crippen molar-refractivity contribution in [3.8, 4) is 0 Å². The van der Waals surface area contributed by atoms with E-state index in [9.17, 15) is 10.1 Å². The quantitative estimate of drug-likeness (QED) is 0.518. The number of pyridine rings is 1. The van der Waals surface area contributed by atoms with Crippen LogP contribution in [0.3, 0.4) is 0 Å². The van der Waals surface area contributed by atoms with E-state index < -0.39 is 4.92 Å². The molecule has 0 aromatic carbocycles. The van der Waals surface area contributed by atoms with Crippen LogP contribution in [-0.2, 0) is 13.0 Å². The summed E-state index contributed by atoms with van der Waals surface area (Å²) in [6.45, 7) is 2.33. The van der Waals surface area contributed by atoms with E-state index in [0.29, 0.717) is 24.6 Å². The molecule has 1 aliphatic rings. The molecule has 9 nitrogen and oxygen atoms in total. The van der Waals surface area contributed by atoms with Gasteiger partial charge in [-0.3, -0.25) is 15.1 Å². The second-order valence-corrected chi connectivity index (χ2v) is 7.09. The summed E-state index contributed by atoms with van der Waals surface area (Å²) in [5.41, 5.74) is 13.8. The summed E-state index contributed by atoms with van der Waals surface area (Å²) in [5.74, 6) is 0.491. The number of aromatic nitrogens is 3. The fraction of sp³-hybridized carbons (Fsp3) is 0.500. The second-order valence-electron chi connectivity index (χ2n) is 7.09. The van der Waals surface area contributed by atoms with Crippen LogP contribution in [0.1, 0.15) is 42.8 Å². The molecule has 0 radical (unpaired) electrons. The minimum atomic E-state index is -0.495. The zero-order chi connectivity index (χ0) is 19.4. The van der Waals surface area contributed by atoms with Gasteiger partial charge in [-0.15, -0.1) is 0 Å². The van der Waals surface area contributed by atoms with E-state index >= 15 is 0 Å². The zero-order valence-corrected chi connectivity index (χ0v) is 15.4. The van der Waals surface area contributed by atoms with Crippen LogP contribution in [0.4, 0.5) is 17.5 Å². The highest BCUT2D eigenvalue weighted by Gasteiger charge is 2.27. The van der Waals surface area contributed by atoms with Crippen molar-refractivity contribution >= 4 is 17.5 Å². The summed E-state index contributed by atoms with van der Waals surface area (Å²) >= 11 is 0. The largest absolute Gasteiger partial charge is 0.378 e. The van der Waals surface area contributed by atoms with Crippen molar-refractivity contribution in [1.82, 2.24) is 15.0 Å². The molecule has 1 fully saturated rings. The van der Waals surface area contributed by atoms with E-state index in [1.807, 2.05) is 25.1 Å². The van der Waals surface area contributed by atoms with Crippen LogP contribution in [-0.4, -0.2) is 25.9 Å². The summed E-state index contributed by atoms with van der Waals surface area (Å²) < 4.78 is 0. The topological polar surface area (TPSA) is 146 Å². The van der Waals surface area contributed by atoms with Gasteiger partial charge >= 0.3 is 5.69 Å². The minimum Gasteiger partial charge on any atom is -0.378 e. The maximum atomic E-state index is 11.5. The van der Waals surface area contributed by atoms with Gasteiger partial charge in [0.1, 0.15) is 5.69 Å². The van der Waals surface area contributed by atoms with Crippen molar-refractivity contribution in [3.05, 3.63) is 45.4 Å². The van der Waals surface area contributed by atoms with Crippen LogP contribution in [0.5, 0.6) is 0 Å². The summed E-state index contributed by atoms with van der Waals surface area (Å²) in [6.07, 6.45) is 4.26. The number of nitro groups is 1.